The van der Waals surface area contributed by atoms with Crippen molar-refractivity contribution in [2.45, 2.75) is 17.9 Å². The number of amides is 1. The molecule has 174 valence electrons. The Kier molecular flexibility index (Phi) is 7.29. The van der Waals surface area contributed by atoms with Crippen LogP contribution in [0.25, 0.3) is 11.3 Å². The molecule has 0 bridgehead atoms. The molecule has 0 atom stereocenters. The molecule has 0 aliphatic carbocycles. The van der Waals surface area contributed by atoms with Gasteiger partial charge in [-0.2, -0.15) is 13.2 Å². The predicted octanol–water partition coefficient (Wildman–Crippen LogP) is 7.00. The lowest BCUT2D eigenvalue weighted by Gasteiger charge is -2.11. The van der Waals surface area contributed by atoms with Crippen molar-refractivity contribution in [3.63, 3.8) is 0 Å². The third-order valence-corrected chi connectivity index (χ3v) is 6.12. The van der Waals surface area contributed by atoms with Crippen LogP contribution >= 0.6 is 23.4 Å². The van der Waals surface area contributed by atoms with Crippen molar-refractivity contribution in [2.24, 2.45) is 0 Å². The lowest BCUT2D eigenvalue weighted by molar-refractivity contribution is -0.137. The van der Waals surface area contributed by atoms with Gasteiger partial charge >= 0.3 is 6.18 Å². The summed E-state index contributed by atoms with van der Waals surface area (Å²) in [6, 6.07) is 21.4. The first-order chi connectivity index (χ1) is 16.3. The van der Waals surface area contributed by atoms with Crippen molar-refractivity contribution >= 4 is 35.0 Å². The molecule has 34 heavy (non-hydrogen) atoms. The summed E-state index contributed by atoms with van der Waals surface area (Å²) in [4.78, 5) is 17.1. The number of carbonyl (C=O) groups excluding carboxylic acids is 1. The van der Waals surface area contributed by atoms with Crippen molar-refractivity contribution in [1.82, 2.24) is 9.55 Å². The first kappa shape index (κ1) is 23.9. The standard InChI is InChI=1S/C25H19ClF3N3OS/c26-20-9-11-21(12-10-20)30-23(33)16-34-24-31-22(18-6-2-1-3-7-18)15-32(24)14-17-5-4-8-19(13-17)25(27,28)29/h1-13,15H,14,16H2,(H,30,33). The molecular weight excluding hydrogens is 483 g/mol. The first-order valence-electron chi connectivity index (χ1n) is 10.2. The van der Waals surface area contributed by atoms with Crippen LogP contribution in [-0.2, 0) is 17.5 Å². The van der Waals surface area contributed by atoms with Gasteiger partial charge in [-0.25, -0.2) is 4.98 Å². The highest BCUT2D eigenvalue weighted by atomic mass is 35.5. The van der Waals surface area contributed by atoms with E-state index in [-0.39, 0.29) is 18.2 Å². The number of alkyl halides is 3. The second-order valence-electron chi connectivity index (χ2n) is 7.44. The number of imidazole rings is 1. The second kappa shape index (κ2) is 10.4. The summed E-state index contributed by atoms with van der Waals surface area (Å²) < 4.78 is 41.2. The van der Waals surface area contributed by atoms with Crippen molar-refractivity contribution in [1.29, 1.82) is 0 Å². The zero-order chi connectivity index (χ0) is 24.1. The average Bonchev–Trinajstić information content (AvgIpc) is 3.22. The SMILES string of the molecule is O=C(CSc1nc(-c2ccccc2)cn1Cc1cccc(C(F)(F)F)c1)Nc1ccc(Cl)cc1. The Bertz CT molecular complexity index is 1270. The third-order valence-electron chi connectivity index (χ3n) is 4.88. The van der Waals surface area contributed by atoms with Crippen LogP contribution in [0.4, 0.5) is 18.9 Å². The average molecular weight is 502 g/mol. The van der Waals surface area contributed by atoms with E-state index >= 15 is 0 Å². The molecule has 9 heteroatoms. The van der Waals surface area contributed by atoms with Gasteiger partial charge in [0.05, 0.1) is 17.0 Å². The highest BCUT2D eigenvalue weighted by molar-refractivity contribution is 7.99. The topological polar surface area (TPSA) is 46.9 Å². The molecule has 4 aromatic rings. The van der Waals surface area contributed by atoms with Gasteiger partial charge in [0.1, 0.15) is 0 Å². The molecular formula is C25H19ClF3N3OS. The minimum atomic E-state index is -4.42. The van der Waals surface area contributed by atoms with Crippen LogP contribution in [-0.4, -0.2) is 21.2 Å². The highest BCUT2D eigenvalue weighted by Crippen LogP contribution is 2.31. The van der Waals surface area contributed by atoms with E-state index in [1.807, 2.05) is 30.3 Å². The summed E-state index contributed by atoms with van der Waals surface area (Å²) in [6.07, 6.45) is -2.63. The maximum absolute atomic E-state index is 13.1. The van der Waals surface area contributed by atoms with Gasteiger partial charge in [0.15, 0.2) is 5.16 Å². The van der Waals surface area contributed by atoms with Crippen molar-refractivity contribution in [2.75, 3.05) is 11.1 Å². The third kappa shape index (κ3) is 6.21. The van der Waals surface area contributed by atoms with Crippen LogP contribution in [0, 0.1) is 0 Å². The number of halogens is 4. The van der Waals surface area contributed by atoms with Crippen LogP contribution in [0.2, 0.25) is 5.02 Å². The summed E-state index contributed by atoms with van der Waals surface area (Å²) >= 11 is 7.08. The van der Waals surface area contributed by atoms with E-state index in [4.69, 9.17) is 11.6 Å². The first-order valence-corrected chi connectivity index (χ1v) is 11.6. The number of nitrogens with zero attached hydrogens (tertiary/aromatic N) is 2. The van der Waals surface area contributed by atoms with Crippen LogP contribution in [0.3, 0.4) is 0 Å². The molecule has 0 spiro atoms. The number of benzene rings is 3. The monoisotopic (exact) mass is 501 g/mol. The molecule has 0 radical (unpaired) electrons. The van der Waals surface area contributed by atoms with Gasteiger partial charge in [-0.15, -0.1) is 0 Å². The summed E-state index contributed by atoms with van der Waals surface area (Å²) in [5.74, 6) is -0.154. The van der Waals surface area contributed by atoms with E-state index in [0.717, 1.165) is 17.7 Å². The molecule has 1 aromatic heterocycles. The molecule has 3 aromatic carbocycles. The molecule has 0 aliphatic heterocycles. The highest BCUT2D eigenvalue weighted by Gasteiger charge is 2.30. The Morgan fingerprint density at radius 1 is 1.00 bits per heavy atom. The number of hydrogen-bond acceptors (Lipinski definition) is 3. The molecule has 1 heterocycles. The van der Waals surface area contributed by atoms with E-state index in [9.17, 15) is 18.0 Å². The molecule has 4 nitrogen and oxygen atoms in total. The minimum Gasteiger partial charge on any atom is -0.325 e. The molecule has 0 saturated carbocycles. The van der Waals surface area contributed by atoms with Crippen molar-refractivity contribution in [3.8, 4) is 11.3 Å². The molecule has 0 unspecified atom stereocenters. The minimum absolute atomic E-state index is 0.0798. The molecule has 4 rings (SSSR count). The molecule has 0 aliphatic rings. The van der Waals surface area contributed by atoms with Crippen LogP contribution in [0.15, 0.2) is 90.2 Å². The largest absolute Gasteiger partial charge is 0.416 e. The number of anilines is 1. The second-order valence-corrected chi connectivity index (χ2v) is 8.82. The van der Waals surface area contributed by atoms with Crippen molar-refractivity contribution in [3.05, 3.63) is 101 Å². The summed E-state index contributed by atoms with van der Waals surface area (Å²) in [6.45, 7) is 0.185. The summed E-state index contributed by atoms with van der Waals surface area (Å²) in [7, 11) is 0. The molecule has 0 saturated heterocycles. The fourth-order valence-corrected chi connectivity index (χ4v) is 4.18. The van der Waals surface area contributed by atoms with E-state index in [1.54, 1.807) is 41.1 Å². The zero-order valence-corrected chi connectivity index (χ0v) is 19.3. The van der Waals surface area contributed by atoms with E-state index < -0.39 is 11.7 Å². The Morgan fingerprint density at radius 2 is 1.74 bits per heavy atom. The summed E-state index contributed by atoms with van der Waals surface area (Å²) in [5.41, 5.74) is 1.95. The summed E-state index contributed by atoms with van der Waals surface area (Å²) in [5, 5.41) is 3.89. The van der Waals surface area contributed by atoms with Crippen molar-refractivity contribution < 1.29 is 18.0 Å². The van der Waals surface area contributed by atoms with E-state index in [2.05, 4.69) is 10.3 Å². The van der Waals surface area contributed by atoms with Gasteiger partial charge in [-0.05, 0) is 42.0 Å². The Labute approximate surface area is 203 Å². The number of nitrogens with one attached hydrogen (secondary N) is 1. The zero-order valence-electron chi connectivity index (χ0n) is 17.7. The Morgan fingerprint density at radius 3 is 2.44 bits per heavy atom. The Hall–Kier alpha value is -3.23. The van der Waals surface area contributed by atoms with Gasteiger partial charge in [-0.3, -0.25) is 4.79 Å². The molecule has 0 fully saturated rings. The maximum atomic E-state index is 13.1. The maximum Gasteiger partial charge on any atom is 0.416 e. The van der Waals surface area contributed by atoms with Gasteiger partial charge in [0, 0.05) is 29.0 Å². The number of aromatic nitrogens is 2. The van der Waals surface area contributed by atoms with E-state index in [1.165, 1.54) is 17.8 Å². The van der Waals surface area contributed by atoms with Gasteiger partial charge in [0.25, 0.3) is 0 Å². The van der Waals surface area contributed by atoms with Crippen LogP contribution < -0.4 is 5.32 Å². The fraction of sp³-hybridized carbons (Fsp3) is 0.120. The quantitative estimate of drug-likeness (QED) is 0.277. The number of carbonyl (C=O) groups is 1. The lowest BCUT2D eigenvalue weighted by atomic mass is 10.1. The van der Waals surface area contributed by atoms with Gasteiger partial charge in [0.2, 0.25) is 5.91 Å². The normalized spacial score (nSPS) is 11.4. The molecule has 1 N–H and O–H groups in total. The number of thioether (sulfide) groups is 1. The predicted molar refractivity (Wildman–Crippen MR) is 129 cm³/mol. The number of hydrogen-bond donors (Lipinski definition) is 1. The Balaban J connectivity index is 1.55. The van der Waals surface area contributed by atoms with E-state index in [0.29, 0.717) is 27.1 Å². The smallest absolute Gasteiger partial charge is 0.325 e. The lowest BCUT2D eigenvalue weighted by Crippen LogP contribution is -2.14. The van der Waals surface area contributed by atoms with Crippen LogP contribution in [0.1, 0.15) is 11.1 Å². The van der Waals surface area contributed by atoms with Crippen LogP contribution in [0.5, 0.6) is 0 Å². The van der Waals surface area contributed by atoms with Gasteiger partial charge in [-0.1, -0.05) is 65.8 Å². The number of rotatable bonds is 7. The molecule has 1 amide bonds. The van der Waals surface area contributed by atoms with Gasteiger partial charge < -0.3 is 9.88 Å². The fourth-order valence-electron chi connectivity index (χ4n) is 3.28.